The van der Waals surface area contributed by atoms with Crippen molar-refractivity contribution < 1.29 is 14.4 Å². The van der Waals surface area contributed by atoms with Gasteiger partial charge in [0.25, 0.3) is 11.8 Å². The molecular weight excluding hydrogens is 364 g/mol. The molecule has 1 aromatic carbocycles. The number of hydrogen-bond acceptors (Lipinski definition) is 5. The first-order valence-electron chi connectivity index (χ1n) is 9.33. The molecule has 3 aliphatic rings. The Labute approximate surface area is 162 Å². The van der Waals surface area contributed by atoms with E-state index in [9.17, 15) is 14.4 Å². The number of hydrogen-bond donors (Lipinski definition) is 1. The van der Waals surface area contributed by atoms with Gasteiger partial charge in [-0.15, -0.1) is 0 Å². The number of thioether (sulfide) groups is 1. The number of aliphatic imine (C=N–C) groups is 1. The minimum absolute atomic E-state index is 0.0265. The Bertz CT molecular complexity index is 783. The Balaban J connectivity index is 1.29. The summed E-state index contributed by atoms with van der Waals surface area (Å²) in [5.41, 5.74) is 1.24. The van der Waals surface area contributed by atoms with Gasteiger partial charge in [0.05, 0.1) is 0 Å². The molecule has 142 valence electrons. The number of carbonyl (C=O) groups excluding carboxylic acids is 3. The summed E-state index contributed by atoms with van der Waals surface area (Å²) >= 11 is 1.39. The van der Waals surface area contributed by atoms with Gasteiger partial charge in [-0.25, -0.2) is 0 Å². The molecule has 8 heteroatoms. The number of carbonyl (C=O) groups is 3. The fourth-order valence-corrected chi connectivity index (χ4v) is 4.45. The van der Waals surface area contributed by atoms with Crippen LogP contribution in [-0.2, 0) is 9.59 Å². The number of amides is 3. The number of nitrogens with zero attached hydrogens (tertiary/aromatic N) is 3. The third-order valence-corrected chi connectivity index (χ3v) is 6.25. The average Bonchev–Trinajstić information content (AvgIpc) is 3.24. The molecule has 1 atom stereocenters. The molecule has 0 radical (unpaired) electrons. The maximum Gasteiger partial charge on any atom is 0.262 e. The summed E-state index contributed by atoms with van der Waals surface area (Å²) in [7, 11) is 0. The van der Waals surface area contributed by atoms with Crippen LogP contribution in [0.5, 0.6) is 0 Å². The smallest absolute Gasteiger partial charge is 0.262 e. The van der Waals surface area contributed by atoms with Crippen LogP contribution in [0, 0.1) is 0 Å². The molecule has 0 aliphatic carbocycles. The van der Waals surface area contributed by atoms with E-state index in [-0.39, 0.29) is 24.1 Å². The predicted octanol–water partition coefficient (Wildman–Crippen LogP) is 1.95. The first kappa shape index (κ1) is 18.0. The molecule has 3 heterocycles. The Hall–Kier alpha value is -2.35. The van der Waals surface area contributed by atoms with Crippen molar-refractivity contribution in [3.63, 3.8) is 0 Å². The van der Waals surface area contributed by atoms with Gasteiger partial charge in [0, 0.05) is 43.9 Å². The number of amidine groups is 1. The summed E-state index contributed by atoms with van der Waals surface area (Å²) < 4.78 is 0. The van der Waals surface area contributed by atoms with E-state index < -0.39 is 5.25 Å². The van der Waals surface area contributed by atoms with Crippen molar-refractivity contribution in [3.8, 4) is 0 Å². The van der Waals surface area contributed by atoms with Crippen molar-refractivity contribution in [2.45, 2.75) is 30.9 Å². The molecule has 3 amide bonds. The Morgan fingerprint density at radius 2 is 1.78 bits per heavy atom. The minimum Gasteiger partial charge on any atom is -0.351 e. The molecule has 3 aliphatic heterocycles. The SMILES string of the molecule is O=C(C[C@@H]1SC(N2CCCC2)=NC1=O)Nc1ccc(C(=O)N2CCC2)cc1. The largest absolute Gasteiger partial charge is 0.351 e. The van der Waals surface area contributed by atoms with Gasteiger partial charge >= 0.3 is 0 Å². The van der Waals surface area contributed by atoms with Crippen molar-refractivity contribution in [3.05, 3.63) is 29.8 Å². The lowest BCUT2D eigenvalue weighted by molar-refractivity contribution is -0.121. The van der Waals surface area contributed by atoms with E-state index in [1.54, 1.807) is 29.2 Å². The summed E-state index contributed by atoms with van der Waals surface area (Å²) in [6.07, 6.45) is 3.39. The molecule has 0 unspecified atom stereocenters. The number of nitrogens with one attached hydrogen (secondary N) is 1. The van der Waals surface area contributed by atoms with Gasteiger partial charge in [0.2, 0.25) is 5.91 Å². The highest BCUT2D eigenvalue weighted by Crippen LogP contribution is 2.29. The van der Waals surface area contributed by atoms with Gasteiger partial charge in [-0.1, -0.05) is 11.8 Å². The van der Waals surface area contributed by atoms with Crippen LogP contribution >= 0.6 is 11.8 Å². The third-order valence-electron chi connectivity index (χ3n) is 5.04. The van der Waals surface area contributed by atoms with Crippen LogP contribution < -0.4 is 5.32 Å². The average molecular weight is 386 g/mol. The number of benzene rings is 1. The topological polar surface area (TPSA) is 82.1 Å². The highest BCUT2D eigenvalue weighted by atomic mass is 32.2. The zero-order valence-electron chi connectivity index (χ0n) is 15.0. The number of likely N-dealkylation sites (tertiary alicyclic amines) is 2. The zero-order valence-corrected chi connectivity index (χ0v) is 15.8. The van der Waals surface area contributed by atoms with Gasteiger partial charge in [-0.3, -0.25) is 14.4 Å². The van der Waals surface area contributed by atoms with Crippen molar-refractivity contribution in [1.29, 1.82) is 0 Å². The van der Waals surface area contributed by atoms with Crippen LogP contribution in [0.3, 0.4) is 0 Å². The van der Waals surface area contributed by atoms with Crippen molar-refractivity contribution in [1.82, 2.24) is 9.80 Å². The molecule has 27 heavy (non-hydrogen) atoms. The van der Waals surface area contributed by atoms with Crippen LogP contribution in [0.1, 0.15) is 36.0 Å². The van der Waals surface area contributed by atoms with E-state index in [0.717, 1.165) is 50.6 Å². The first-order chi connectivity index (χ1) is 13.1. The van der Waals surface area contributed by atoms with E-state index in [1.807, 2.05) is 0 Å². The minimum atomic E-state index is -0.451. The van der Waals surface area contributed by atoms with Crippen molar-refractivity contribution in [2.24, 2.45) is 4.99 Å². The second kappa shape index (κ2) is 7.72. The van der Waals surface area contributed by atoms with Gasteiger partial charge < -0.3 is 15.1 Å². The van der Waals surface area contributed by atoms with Crippen molar-refractivity contribution in [2.75, 3.05) is 31.5 Å². The van der Waals surface area contributed by atoms with Crippen molar-refractivity contribution >= 4 is 40.3 Å². The fourth-order valence-electron chi connectivity index (χ4n) is 3.33. The molecule has 0 spiro atoms. The highest BCUT2D eigenvalue weighted by Gasteiger charge is 2.33. The van der Waals surface area contributed by atoms with Crippen LogP contribution in [-0.4, -0.2) is 64.1 Å². The summed E-state index contributed by atoms with van der Waals surface area (Å²) in [5.74, 6) is -0.424. The quantitative estimate of drug-likeness (QED) is 0.855. The lowest BCUT2D eigenvalue weighted by Gasteiger charge is -2.30. The standard InChI is InChI=1S/C19H22N4O3S/c24-16(12-15-17(25)21-19(27-15)23-8-1-2-9-23)20-14-6-4-13(5-7-14)18(26)22-10-3-11-22/h4-7,15H,1-3,8-12H2,(H,20,24)/t15-/m0/s1. The molecule has 2 saturated heterocycles. The van der Waals surface area contributed by atoms with Crippen LogP contribution in [0.15, 0.2) is 29.3 Å². The third kappa shape index (κ3) is 4.00. The maximum absolute atomic E-state index is 12.3. The molecule has 7 nitrogen and oxygen atoms in total. The number of anilines is 1. The lowest BCUT2D eigenvalue weighted by Crippen LogP contribution is -2.41. The summed E-state index contributed by atoms with van der Waals surface area (Å²) in [6, 6.07) is 6.89. The summed E-state index contributed by atoms with van der Waals surface area (Å²) in [5, 5.41) is 3.11. The monoisotopic (exact) mass is 386 g/mol. The maximum atomic E-state index is 12.3. The molecular formula is C19H22N4O3S. The van der Waals surface area contributed by atoms with E-state index in [2.05, 4.69) is 15.2 Å². The molecule has 0 aromatic heterocycles. The van der Waals surface area contributed by atoms with Crippen LogP contribution in [0.4, 0.5) is 5.69 Å². The normalized spacial score (nSPS) is 21.9. The summed E-state index contributed by atoms with van der Waals surface area (Å²) in [6.45, 7) is 3.48. The molecule has 4 rings (SSSR count). The van der Waals surface area contributed by atoms with Gasteiger partial charge in [-0.2, -0.15) is 4.99 Å². The Morgan fingerprint density at radius 3 is 2.41 bits per heavy atom. The molecule has 1 aromatic rings. The fraction of sp³-hybridized carbons (Fsp3) is 0.474. The second-order valence-electron chi connectivity index (χ2n) is 7.01. The van der Waals surface area contributed by atoms with Crippen LogP contribution in [0.25, 0.3) is 0 Å². The lowest BCUT2D eigenvalue weighted by atomic mass is 10.1. The molecule has 1 N–H and O–H groups in total. The first-order valence-corrected chi connectivity index (χ1v) is 10.2. The number of rotatable bonds is 4. The van der Waals surface area contributed by atoms with E-state index in [0.29, 0.717) is 11.3 Å². The zero-order chi connectivity index (χ0) is 18.8. The van der Waals surface area contributed by atoms with Gasteiger partial charge in [0.15, 0.2) is 5.17 Å². The predicted molar refractivity (Wildman–Crippen MR) is 105 cm³/mol. The highest BCUT2D eigenvalue weighted by molar-refractivity contribution is 8.15. The van der Waals surface area contributed by atoms with E-state index >= 15 is 0 Å². The molecule has 0 saturated carbocycles. The van der Waals surface area contributed by atoms with E-state index in [4.69, 9.17) is 0 Å². The van der Waals surface area contributed by atoms with Crippen LogP contribution in [0.2, 0.25) is 0 Å². The Kier molecular flexibility index (Phi) is 5.15. The molecule has 2 fully saturated rings. The van der Waals surface area contributed by atoms with Gasteiger partial charge in [0.1, 0.15) is 5.25 Å². The van der Waals surface area contributed by atoms with Gasteiger partial charge in [-0.05, 0) is 43.5 Å². The Morgan fingerprint density at radius 1 is 1.07 bits per heavy atom. The van der Waals surface area contributed by atoms with E-state index in [1.165, 1.54) is 11.8 Å². The summed E-state index contributed by atoms with van der Waals surface area (Å²) in [4.78, 5) is 44.6. The molecule has 0 bridgehead atoms. The second-order valence-corrected chi connectivity index (χ2v) is 8.18.